The van der Waals surface area contributed by atoms with Gasteiger partial charge in [0.25, 0.3) is 0 Å². The maximum absolute atomic E-state index is 6.41. The Morgan fingerprint density at radius 3 is 2.89 bits per heavy atom. The summed E-state index contributed by atoms with van der Waals surface area (Å²) >= 11 is 6.41. The number of rotatable bonds is 3. The molecule has 1 heterocycles. The van der Waals surface area contributed by atoms with Gasteiger partial charge in [0.1, 0.15) is 0 Å². The van der Waals surface area contributed by atoms with E-state index in [0.717, 1.165) is 43.4 Å². The predicted octanol–water partition coefficient (Wildman–Crippen LogP) is 2.85. The zero-order valence-electron chi connectivity index (χ0n) is 11.1. The number of halogens is 1. The van der Waals surface area contributed by atoms with Crippen molar-refractivity contribution in [1.82, 2.24) is 5.32 Å². The highest BCUT2D eigenvalue weighted by atomic mass is 35.5. The SMILES string of the molecule is CNC(C)c1ccc(N2CCCOCC2)c(Cl)c1. The molecule has 0 amide bonds. The van der Waals surface area contributed by atoms with Crippen LogP contribution in [-0.2, 0) is 4.74 Å². The molecule has 1 N–H and O–H groups in total. The normalized spacial score (nSPS) is 18.5. The molecule has 0 bridgehead atoms. The third-order valence-corrected chi connectivity index (χ3v) is 3.77. The first-order valence-electron chi connectivity index (χ1n) is 6.52. The van der Waals surface area contributed by atoms with E-state index in [1.165, 1.54) is 5.56 Å². The summed E-state index contributed by atoms with van der Waals surface area (Å²) in [5.41, 5.74) is 2.34. The number of nitrogens with one attached hydrogen (secondary N) is 1. The lowest BCUT2D eigenvalue weighted by Crippen LogP contribution is -2.26. The van der Waals surface area contributed by atoms with Crippen LogP contribution in [0.2, 0.25) is 5.02 Å². The fraction of sp³-hybridized carbons (Fsp3) is 0.571. The van der Waals surface area contributed by atoms with Crippen LogP contribution in [0, 0.1) is 0 Å². The monoisotopic (exact) mass is 268 g/mol. The van der Waals surface area contributed by atoms with Crippen molar-refractivity contribution in [1.29, 1.82) is 0 Å². The molecule has 4 heteroatoms. The molecule has 1 fully saturated rings. The summed E-state index contributed by atoms with van der Waals surface area (Å²) in [6.45, 7) is 5.69. The fourth-order valence-electron chi connectivity index (χ4n) is 2.20. The molecule has 100 valence electrons. The lowest BCUT2D eigenvalue weighted by Gasteiger charge is -2.24. The summed E-state index contributed by atoms with van der Waals surface area (Å²) in [5, 5.41) is 4.06. The number of benzene rings is 1. The fourth-order valence-corrected chi connectivity index (χ4v) is 2.51. The molecule has 1 aromatic rings. The van der Waals surface area contributed by atoms with Crippen LogP contribution in [0.5, 0.6) is 0 Å². The third kappa shape index (κ3) is 3.16. The quantitative estimate of drug-likeness (QED) is 0.912. The molecule has 1 atom stereocenters. The van der Waals surface area contributed by atoms with Gasteiger partial charge in [0, 0.05) is 25.7 Å². The number of nitrogens with zero attached hydrogens (tertiary/aromatic N) is 1. The Morgan fingerprint density at radius 1 is 1.33 bits per heavy atom. The predicted molar refractivity (Wildman–Crippen MR) is 76.6 cm³/mol. The molecule has 3 nitrogen and oxygen atoms in total. The summed E-state index contributed by atoms with van der Waals surface area (Å²) in [6.07, 6.45) is 1.06. The minimum Gasteiger partial charge on any atom is -0.380 e. The molecule has 1 unspecified atom stereocenters. The van der Waals surface area contributed by atoms with Crippen molar-refractivity contribution in [2.24, 2.45) is 0 Å². The lowest BCUT2D eigenvalue weighted by atomic mass is 10.1. The molecule has 0 aromatic heterocycles. The molecule has 18 heavy (non-hydrogen) atoms. The molecule has 2 rings (SSSR count). The summed E-state index contributed by atoms with van der Waals surface area (Å²) in [4.78, 5) is 2.31. The minimum atomic E-state index is 0.323. The van der Waals surface area contributed by atoms with Gasteiger partial charge in [-0.2, -0.15) is 0 Å². The van der Waals surface area contributed by atoms with E-state index >= 15 is 0 Å². The van der Waals surface area contributed by atoms with E-state index in [1.807, 2.05) is 7.05 Å². The molecule has 1 aliphatic heterocycles. The van der Waals surface area contributed by atoms with E-state index in [4.69, 9.17) is 16.3 Å². The van der Waals surface area contributed by atoms with Gasteiger partial charge in [-0.15, -0.1) is 0 Å². The van der Waals surface area contributed by atoms with Crippen LogP contribution in [0.15, 0.2) is 18.2 Å². The van der Waals surface area contributed by atoms with Crippen molar-refractivity contribution in [3.8, 4) is 0 Å². The van der Waals surface area contributed by atoms with E-state index < -0.39 is 0 Å². The van der Waals surface area contributed by atoms with Gasteiger partial charge in [0.05, 0.1) is 17.3 Å². The average Bonchev–Trinajstić information content (AvgIpc) is 2.66. The van der Waals surface area contributed by atoms with Crippen LogP contribution in [0.25, 0.3) is 0 Å². The van der Waals surface area contributed by atoms with Crippen molar-refractivity contribution in [2.45, 2.75) is 19.4 Å². The Hall–Kier alpha value is -0.770. The largest absolute Gasteiger partial charge is 0.380 e. The maximum Gasteiger partial charge on any atom is 0.0642 e. The standard InChI is InChI=1S/C14H21ClN2O/c1-11(16-2)12-4-5-14(13(15)10-12)17-6-3-8-18-9-7-17/h4-5,10-11,16H,3,6-9H2,1-2H3. The summed E-state index contributed by atoms with van der Waals surface area (Å²) in [6, 6.07) is 6.65. The molecule has 0 radical (unpaired) electrons. The van der Waals surface area contributed by atoms with Crippen LogP contribution in [0.3, 0.4) is 0 Å². The van der Waals surface area contributed by atoms with Crippen LogP contribution in [-0.4, -0.2) is 33.4 Å². The number of hydrogen-bond donors (Lipinski definition) is 1. The van der Waals surface area contributed by atoms with Crippen LogP contribution < -0.4 is 10.2 Å². The smallest absolute Gasteiger partial charge is 0.0642 e. The Kier molecular flexibility index (Phi) is 4.87. The van der Waals surface area contributed by atoms with Crippen molar-refractivity contribution in [3.05, 3.63) is 28.8 Å². The van der Waals surface area contributed by atoms with Gasteiger partial charge in [0.2, 0.25) is 0 Å². The zero-order valence-corrected chi connectivity index (χ0v) is 11.8. The highest BCUT2D eigenvalue weighted by Crippen LogP contribution is 2.29. The third-order valence-electron chi connectivity index (χ3n) is 3.47. The number of hydrogen-bond acceptors (Lipinski definition) is 3. The molecule has 1 aliphatic rings. The van der Waals surface area contributed by atoms with Gasteiger partial charge < -0.3 is 15.0 Å². The second-order valence-corrected chi connectivity index (χ2v) is 5.08. The lowest BCUT2D eigenvalue weighted by molar-refractivity contribution is 0.152. The van der Waals surface area contributed by atoms with Crippen molar-refractivity contribution in [2.75, 3.05) is 38.3 Å². The molecular weight excluding hydrogens is 248 g/mol. The number of ether oxygens (including phenoxy) is 1. The van der Waals surface area contributed by atoms with Crippen molar-refractivity contribution >= 4 is 17.3 Å². The Bertz CT molecular complexity index is 389. The van der Waals surface area contributed by atoms with Gasteiger partial charge in [-0.3, -0.25) is 0 Å². The van der Waals surface area contributed by atoms with E-state index in [2.05, 4.69) is 35.3 Å². The summed E-state index contributed by atoms with van der Waals surface area (Å²) in [7, 11) is 1.96. The van der Waals surface area contributed by atoms with Gasteiger partial charge in [-0.05, 0) is 38.1 Å². The highest BCUT2D eigenvalue weighted by Gasteiger charge is 2.14. The second-order valence-electron chi connectivity index (χ2n) is 4.67. The van der Waals surface area contributed by atoms with E-state index in [9.17, 15) is 0 Å². The first kappa shape index (κ1) is 13.7. The van der Waals surface area contributed by atoms with Crippen molar-refractivity contribution < 1.29 is 4.74 Å². The van der Waals surface area contributed by atoms with E-state index in [0.29, 0.717) is 6.04 Å². The topological polar surface area (TPSA) is 24.5 Å². The van der Waals surface area contributed by atoms with Crippen LogP contribution >= 0.6 is 11.6 Å². The zero-order chi connectivity index (χ0) is 13.0. The highest BCUT2D eigenvalue weighted by molar-refractivity contribution is 6.33. The number of anilines is 1. The minimum absolute atomic E-state index is 0.323. The van der Waals surface area contributed by atoms with Crippen molar-refractivity contribution in [3.63, 3.8) is 0 Å². The molecule has 0 spiro atoms. The Balaban J connectivity index is 2.18. The molecular formula is C14H21ClN2O. The van der Waals surface area contributed by atoms with E-state index in [-0.39, 0.29) is 0 Å². The molecule has 0 aliphatic carbocycles. The van der Waals surface area contributed by atoms with Gasteiger partial charge in [0.15, 0.2) is 0 Å². The Labute approximate surface area is 114 Å². The summed E-state index contributed by atoms with van der Waals surface area (Å²) in [5.74, 6) is 0. The second kappa shape index (κ2) is 6.41. The molecule has 1 aromatic carbocycles. The van der Waals surface area contributed by atoms with Crippen LogP contribution in [0.1, 0.15) is 24.9 Å². The first-order chi connectivity index (χ1) is 8.72. The van der Waals surface area contributed by atoms with Crippen LogP contribution in [0.4, 0.5) is 5.69 Å². The first-order valence-corrected chi connectivity index (χ1v) is 6.89. The molecule has 0 saturated carbocycles. The maximum atomic E-state index is 6.41. The summed E-state index contributed by atoms with van der Waals surface area (Å²) < 4.78 is 5.47. The van der Waals surface area contributed by atoms with Gasteiger partial charge in [-0.25, -0.2) is 0 Å². The average molecular weight is 269 g/mol. The van der Waals surface area contributed by atoms with E-state index in [1.54, 1.807) is 0 Å². The van der Waals surface area contributed by atoms with Gasteiger partial charge >= 0.3 is 0 Å². The van der Waals surface area contributed by atoms with Gasteiger partial charge in [-0.1, -0.05) is 17.7 Å². The molecule has 1 saturated heterocycles. The Morgan fingerprint density at radius 2 is 2.17 bits per heavy atom.